The summed E-state index contributed by atoms with van der Waals surface area (Å²) in [6.45, 7) is 6.63. The monoisotopic (exact) mass is 147 g/mol. The predicted octanol–water partition coefficient (Wildman–Crippen LogP) is 1.74. The van der Waals surface area contributed by atoms with Gasteiger partial charge in [0.15, 0.2) is 0 Å². The molecule has 56 valence electrons. The highest BCUT2D eigenvalue weighted by Crippen LogP contribution is 2.10. The van der Waals surface area contributed by atoms with Crippen molar-refractivity contribution in [3.63, 3.8) is 0 Å². The van der Waals surface area contributed by atoms with Crippen molar-refractivity contribution in [3.05, 3.63) is 0 Å². The Morgan fingerprint density at radius 2 is 2.00 bits per heavy atom. The second-order valence-corrected chi connectivity index (χ2v) is 4.05. The Bertz CT molecular complexity index is 71.3. The highest BCUT2D eigenvalue weighted by atomic mass is 32.2. The molecule has 1 nitrogen and oxygen atoms in total. The Morgan fingerprint density at radius 1 is 1.44 bits per heavy atom. The summed E-state index contributed by atoms with van der Waals surface area (Å²) in [4.78, 5) is 0. The van der Waals surface area contributed by atoms with Gasteiger partial charge < -0.3 is 5.32 Å². The van der Waals surface area contributed by atoms with Crippen LogP contribution in [0, 0.1) is 0 Å². The van der Waals surface area contributed by atoms with E-state index in [1.807, 2.05) is 18.8 Å². The average molecular weight is 147 g/mol. The van der Waals surface area contributed by atoms with E-state index in [9.17, 15) is 0 Å². The number of rotatable bonds is 4. The second kappa shape index (κ2) is 4.18. The van der Waals surface area contributed by atoms with Crippen LogP contribution in [-0.4, -0.2) is 24.1 Å². The van der Waals surface area contributed by atoms with Crippen LogP contribution in [0.3, 0.4) is 0 Å². The fraction of sp³-hybridized carbons (Fsp3) is 1.00. The summed E-state index contributed by atoms with van der Waals surface area (Å²) in [5, 5.41) is 3.26. The van der Waals surface area contributed by atoms with E-state index in [4.69, 9.17) is 0 Å². The van der Waals surface area contributed by atoms with Crippen molar-refractivity contribution in [2.75, 3.05) is 18.6 Å². The van der Waals surface area contributed by atoms with Crippen LogP contribution in [0.2, 0.25) is 0 Å². The Balaban J connectivity index is 3.33. The van der Waals surface area contributed by atoms with Gasteiger partial charge in [-0.2, -0.15) is 11.8 Å². The molecule has 0 unspecified atom stereocenters. The van der Waals surface area contributed by atoms with Gasteiger partial charge in [0.1, 0.15) is 0 Å². The van der Waals surface area contributed by atoms with Gasteiger partial charge in [-0.3, -0.25) is 0 Å². The maximum Gasteiger partial charge on any atom is 0.0212 e. The third-order valence-electron chi connectivity index (χ3n) is 1.34. The van der Waals surface area contributed by atoms with Crippen molar-refractivity contribution in [2.45, 2.75) is 26.3 Å². The predicted molar refractivity (Wildman–Crippen MR) is 46.1 cm³/mol. The maximum absolute atomic E-state index is 3.26. The fourth-order valence-corrected chi connectivity index (χ4v) is 1.29. The molecule has 0 atom stereocenters. The van der Waals surface area contributed by atoms with Gasteiger partial charge in [0.05, 0.1) is 0 Å². The lowest BCUT2D eigenvalue weighted by Gasteiger charge is -2.22. The quantitative estimate of drug-likeness (QED) is 0.650. The molecule has 0 aliphatic carbocycles. The lowest BCUT2D eigenvalue weighted by Crippen LogP contribution is -2.38. The summed E-state index contributed by atoms with van der Waals surface area (Å²) in [5.41, 5.74) is 0.306. The first kappa shape index (κ1) is 9.31. The zero-order valence-corrected chi connectivity index (χ0v) is 7.64. The molecule has 0 aliphatic rings. The molecule has 2 heteroatoms. The third-order valence-corrected chi connectivity index (χ3v) is 2.68. The standard InChI is InChI=1S/C7H17NS/c1-5-9-6-7(2,3)8-4/h8H,5-6H2,1-4H3. The van der Waals surface area contributed by atoms with Gasteiger partial charge in [0.25, 0.3) is 0 Å². The van der Waals surface area contributed by atoms with E-state index < -0.39 is 0 Å². The molecule has 0 heterocycles. The SMILES string of the molecule is CCSCC(C)(C)NC. The van der Waals surface area contributed by atoms with Crippen molar-refractivity contribution in [3.8, 4) is 0 Å². The topological polar surface area (TPSA) is 12.0 Å². The molecule has 0 saturated carbocycles. The number of hydrogen-bond acceptors (Lipinski definition) is 2. The molecule has 0 aromatic rings. The van der Waals surface area contributed by atoms with Crippen molar-refractivity contribution in [1.82, 2.24) is 5.32 Å². The molecular formula is C7H17NS. The summed E-state index contributed by atoms with van der Waals surface area (Å²) >= 11 is 1.98. The van der Waals surface area contributed by atoms with Gasteiger partial charge in [-0.05, 0) is 26.6 Å². The Morgan fingerprint density at radius 3 is 2.33 bits per heavy atom. The molecule has 1 N–H and O–H groups in total. The van der Waals surface area contributed by atoms with Crippen molar-refractivity contribution in [2.24, 2.45) is 0 Å². The molecule has 0 rings (SSSR count). The fourth-order valence-electron chi connectivity index (χ4n) is 0.429. The first-order chi connectivity index (χ1) is 4.12. The van der Waals surface area contributed by atoms with Crippen molar-refractivity contribution < 1.29 is 0 Å². The second-order valence-electron chi connectivity index (χ2n) is 2.77. The van der Waals surface area contributed by atoms with Crippen LogP contribution in [-0.2, 0) is 0 Å². The normalized spacial score (nSPS) is 12.0. The molecule has 0 saturated heterocycles. The highest BCUT2D eigenvalue weighted by Gasteiger charge is 2.12. The zero-order chi connectivity index (χ0) is 7.33. The van der Waals surface area contributed by atoms with E-state index >= 15 is 0 Å². The molecule has 0 aromatic carbocycles. The molecule has 0 spiro atoms. The minimum absolute atomic E-state index is 0.306. The Hall–Kier alpha value is 0.310. The highest BCUT2D eigenvalue weighted by molar-refractivity contribution is 7.99. The summed E-state index contributed by atoms with van der Waals surface area (Å²) in [5.74, 6) is 2.41. The molecule has 0 fully saturated rings. The number of hydrogen-bond donors (Lipinski definition) is 1. The van der Waals surface area contributed by atoms with Crippen LogP contribution in [0.1, 0.15) is 20.8 Å². The summed E-state index contributed by atoms with van der Waals surface area (Å²) < 4.78 is 0. The van der Waals surface area contributed by atoms with Gasteiger partial charge in [0.2, 0.25) is 0 Å². The molecule has 0 radical (unpaired) electrons. The van der Waals surface area contributed by atoms with E-state index in [1.54, 1.807) is 0 Å². The van der Waals surface area contributed by atoms with E-state index in [2.05, 4.69) is 26.1 Å². The number of nitrogens with one attached hydrogen (secondary N) is 1. The van der Waals surface area contributed by atoms with E-state index in [1.165, 1.54) is 11.5 Å². The lowest BCUT2D eigenvalue weighted by atomic mass is 10.1. The van der Waals surface area contributed by atoms with Crippen LogP contribution in [0.4, 0.5) is 0 Å². The zero-order valence-electron chi connectivity index (χ0n) is 6.82. The van der Waals surface area contributed by atoms with E-state index in [-0.39, 0.29) is 0 Å². The van der Waals surface area contributed by atoms with Crippen molar-refractivity contribution in [1.29, 1.82) is 0 Å². The molecule has 0 aromatic heterocycles. The molecule has 0 aliphatic heterocycles. The van der Waals surface area contributed by atoms with Gasteiger partial charge in [-0.15, -0.1) is 0 Å². The van der Waals surface area contributed by atoms with Gasteiger partial charge in [-0.25, -0.2) is 0 Å². The van der Waals surface area contributed by atoms with Crippen molar-refractivity contribution >= 4 is 11.8 Å². The third kappa shape index (κ3) is 4.79. The van der Waals surface area contributed by atoms with Crippen LogP contribution < -0.4 is 5.32 Å². The smallest absolute Gasteiger partial charge is 0.0212 e. The minimum Gasteiger partial charge on any atom is -0.314 e. The first-order valence-corrected chi connectivity index (χ1v) is 4.54. The molecule has 0 bridgehead atoms. The van der Waals surface area contributed by atoms with Crippen LogP contribution in [0.15, 0.2) is 0 Å². The number of thioether (sulfide) groups is 1. The lowest BCUT2D eigenvalue weighted by molar-refractivity contribution is 0.478. The molecule has 9 heavy (non-hydrogen) atoms. The van der Waals surface area contributed by atoms with Gasteiger partial charge >= 0.3 is 0 Å². The van der Waals surface area contributed by atoms with E-state index in [0.29, 0.717) is 5.54 Å². The Kier molecular flexibility index (Phi) is 4.32. The van der Waals surface area contributed by atoms with E-state index in [0.717, 1.165) is 0 Å². The summed E-state index contributed by atoms with van der Waals surface area (Å²) in [7, 11) is 2.01. The first-order valence-electron chi connectivity index (χ1n) is 3.39. The summed E-state index contributed by atoms with van der Waals surface area (Å²) in [6, 6.07) is 0. The van der Waals surface area contributed by atoms with Crippen LogP contribution in [0.5, 0.6) is 0 Å². The van der Waals surface area contributed by atoms with Gasteiger partial charge in [-0.1, -0.05) is 6.92 Å². The average Bonchev–Trinajstić information content (AvgIpc) is 1.84. The minimum atomic E-state index is 0.306. The van der Waals surface area contributed by atoms with Gasteiger partial charge in [0, 0.05) is 11.3 Å². The summed E-state index contributed by atoms with van der Waals surface area (Å²) in [6.07, 6.45) is 0. The van der Waals surface area contributed by atoms with Crippen LogP contribution in [0.25, 0.3) is 0 Å². The molecule has 0 amide bonds. The Labute approximate surface area is 62.6 Å². The largest absolute Gasteiger partial charge is 0.314 e. The molecular weight excluding hydrogens is 130 g/mol. The van der Waals surface area contributed by atoms with Crippen LogP contribution >= 0.6 is 11.8 Å². The maximum atomic E-state index is 3.26.